The zero-order valence-corrected chi connectivity index (χ0v) is 11.3. The predicted octanol–water partition coefficient (Wildman–Crippen LogP) is 2.37. The van der Waals surface area contributed by atoms with Crippen LogP contribution >= 0.6 is 0 Å². The van der Waals surface area contributed by atoms with Gasteiger partial charge in [-0.1, -0.05) is 24.3 Å². The van der Waals surface area contributed by atoms with Crippen molar-refractivity contribution in [2.75, 3.05) is 13.7 Å². The zero-order valence-electron chi connectivity index (χ0n) is 11.3. The highest BCUT2D eigenvalue weighted by Crippen LogP contribution is 2.26. The van der Waals surface area contributed by atoms with Gasteiger partial charge in [0.05, 0.1) is 7.11 Å². The minimum Gasteiger partial charge on any atom is -0.504 e. The van der Waals surface area contributed by atoms with Crippen molar-refractivity contribution in [3.05, 3.63) is 59.7 Å². The first-order chi connectivity index (χ1) is 9.70. The molecule has 0 unspecified atom stereocenters. The van der Waals surface area contributed by atoms with Gasteiger partial charge in [-0.2, -0.15) is 0 Å². The fraction of sp³-hybridized carbons (Fsp3) is 0.188. The first-order valence-corrected chi connectivity index (χ1v) is 6.40. The number of hydrogen-bond donors (Lipinski definition) is 2. The molecule has 4 nitrogen and oxygen atoms in total. The van der Waals surface area contributed by atoms with Crippen LogP contribution in [-0.2, 0) is 6.42 Å². The average molecular weight is 271 g/mol. The van der Waals surface area contributed by atoms with Crippen molar-refractivity contribution >= 4 is 5.91 Å². The lowest BCUT2D eigenvalue weighted by atomic mass is 10.1. The Morgan fingerprint density at radius 3 is 2.65 bits per heavy atom. The SMILES string of the molecule is COc1cc(CCNC(=O)c2ccccc2)ccc1O. The maximum atomic E-state index is 11.8. The second-order valence-corrected chi connectivity index (χ2v) is 4.38. The highest BCUT2D eigenvalue weighted by Gasteiger charge is 2.05. The summed E-state index contributed by atoms with van der Waals surface area (Å²) < 4.78 is 5.05. The predicted molar refractivity (Wildman–Crippen MR) is 77.1 cm³/mol. The smallest absolute Gasteiger partial charge is 0.251 e. The topological polar surface area (TPSA) is 58.6 Å². The molecular formula is C16H17NO3. The monoisotopic (exact) mass is 271 g/mol. The Kier molecular flexibility index (Phi) is 4.60. The normalized spacial score (nSPS) is 10.1. The van der Waals surface area contributed by atoms with Crippen LogP contribution in [0.15, 0.2) is 48.5 Å². The van der Waals surface area contributed by atoms with Gasteiger partial charge in [-0.15, -0.1) is 0 Å². The van der Waals surface area contributed by atoms with E-state index in [9.17, 15) is 9.90 Å². The van der Waals surface area contributed by atoms with Gasteiger partial charge in [0.2, 0.25) is 0 Å². The third-order valence-corrected chi connectivity index (χ3v) is 2.98. The highest BCUT2D eigenvalue weighted by molar-refractivity contribution is 5.94. The molecule has 20 heavy (non-hydrogen) atoms. The van der Waals surface area contributed by atoms with Crippen LogP contribution in [0.5, 0.6) is 11.5 Å². The van der Waals surface area contributed by atoms with Gasteiger partial charge in [-0.05, 0) is 36.2 Å². The number of carbonyl (C=O) groups excluding carboxylic acids is 1. The van der Waals surface area contributed by atoms with Crippen molar-refractivity contribution in [1.82, 2.24) is 5.32 Å². The molecule has 1 amide bonds. The van der Waals surface area contributed by atoms with E-state index in [4.69, 9.17) is 4.74 Å². The maximum absolute atomic E-state index is 11.8. The molecule has 0 radical (unpaired) electrons. The standard InChI is InChI=1S/C16H17NO3/c1-20-15-11-12(7-8-14(15)18)9-10-17-16(19)13-5-3-2-4-6-13/h2-8,11,18H,9-10H2,1H3,(H,17,19). The van der Waals surface area contributed by atoms with E-state index >= 15 is 0 Å². The van der Waals surface area contributed by atoms with Crippen LogP contribution in [0, 0.1) is 0 Å². The molecule has 0 heterocycles. The van der Waals surface area contributed by atoms with Crippen molar-refractivity contribution in [3.8, 4) is 11.5 Å². The molecule has 2 rings (SSSR count). The molecule has 2 aromatic rings. The number of carbonyl (C=O) groups is 1. The zero-order chi connectivity index (χ0) is 14.4. The van der Waals surface area contributed by atoms with Gasteiger partial charge in [0.15, 0.2) is 11.5 Å². The Balaban J connectivity index is 1.89. The van der Waals surface area contributed by atoms with Crippen molar-refractivity contribution in [1.29, 1.82) is 0 Å². The van der Waals surface area contributed by atoms with Crippen LogP contribution in [0.3, 0.4) is 0 Å². The lowest BCUT2D eigenvalue weighted by molar-refractivity contribution is 0.0954. The number of nitrogens with one attached hydrogen (secondary N) is 1. The van der Waals surface area contributed by atoms with Crippen LogP contribution < -0.4 is 10.1 Å². The number of rotatable bonds is 5. The minimum atomic E-state index is -0.0867. The molecule has 0 fully saturated rings. The average Bonchev–Trinajstić information content (AvgIpc) is 2.49. The van der Waals surface area contributed by atoms with Gasteiger partial charge in [-0.3, -0.25) is 4.79 Å². The van der Waals surface area contributed by atoms with E-state index in [1.54, 1.807) is 24.3 Å². The molecule has 0 saturated heterocycles. The van der Waals surface area contributed by atoms with Crippen molar-refractivity contribution in [2.45, 2.75) is 6.42 Å². The summed E-state index contributed by atoms with van der Waals surface area (Å²) in [6, 6.07) is 14.3. The van der Waals surface area contributed by atoms with Crippen LogP contribution in [0.25, 0.3) is 0 Å². The Morgan fingerprint density at radius 1 is 1.20 bits per heavy atom. The minimum absolute atomic E-state index is 0.0867. The summed E-state index contributed by atoms with van der Waals surface area (Å²) in [4.78, 5) is 11.8. The van der Waals surface area contributed by atoms with Crippen molar-refractivity contribution in [2.24, 2.45) is 0 Å². The molecule has 0 aliphatic heterocycles. The van der Waals surface area contributed by atoms with Crippen LogP contribution in [0.4, 0.5) is 0 Å². The van der Waals surface area contributed by atoms with Gasteiger partial charge in [0, 0.05) is 12.1 Å². The largest absolute Gasteiger partial charge is 0.504 e. The van der Waals surface area contributed by atoms with Crippen LogP contribution in [0.1, 0.15) is 15.9 Å². The maximum Gasteiger partial charge on any atom is 0.251 e. The van der Waals surface area contributed by atoms with Crippen molar-refractivity contribution in [3.63, 3.8) is 0 Å². The van der Waals surface area contributed by atoms with Gasteiger partial charge in [-0.25, -0.2) is 0 Å². The molecule has 2 N–H and O–H groups in total. The molecule has 0 atom stereocenters. The van der Waals surface area contributed by atoms with E-state index in [-0.39, 0.29) is 11.7 Å². The van der Waals surface area contributed by atoms with Gasteiger partial charge in [0.1, 0.15) is 0 Å². The Morgan fingerprint density at radius 2 is 1.95 bits per heavy atom. The summed E-state index contributed by atoms with van der Waals surface area (Å²) in [6.07, 6.45) is 0.676. The summed E-state index contributed by atoms with van der Waals surface area (Å²) in [5.74, 6) is 0.470. The number of hydrogen-bond acceptors (Lipinski definition) is 3. The number of phenolic OH excluding ortho intramolecular Hbond substituents is 1. The Labute approximate surface area is 118 Å². The van der Waals surface area contributed by atoms with E-state index < -0.39 is 0 Å². The van der Waals surface area contributed by atoms with Gasteiger partial charge in [0.25, 0.3) is 5.91 Å². The molecule has 2 aromatic carbocycles. The summed E-state index contributed by atoms with van der Waals surface area (Å²) in [5.41, 5.74) is 1.64. The fourth-order valence-electron chi connectivity index (χ4n) is 1.89. The summed E-state index contributed by atoms with van der Waals surface area (Å²) in [6.45, 7) is 0.529. The first kappa shape index (κ1) is 13.9. The second kappa shape index (κ2) is 6.61. The summed E-state index contributed by atoms with van der Waals surface area (Å²) >= 11 is 0. The first-order valence-electron chi connectivity index (χ1n) is 6.40. The third-order valence-electron chi connectivity index (χ3n) is 2.98. The molecule has 0 aromatic heterocycles. The number of methoxy groups -OCH3 is 1. The van der Waals surface area contributed by atoms with E-state index in [2.05, 4.69) is 5.32 Å². The molecular weight excluding hydrogens is 254 g/mol. The molecule has 0 saturated carbocycles. The number of phenols is 1. The van der Waals surface area contributed by atoms with Gasteiger partial charge >= 0.3 is 0 Å². The number of ether oxygens (including phenoxy) is 1. The molecule has 0 aliphatic rings. The van der Waals surface area contributed by atoms with E-state index in [0.29, 0.717) is 24.3 Å². The van der Waals surface area contributed by atoms with Crippen molar-refractivity contribution < 1.29 is 14.6 Å². The molecule has 0 aliphatic carbocycles. The second-order valence-electron chi connectivity index (χ2n) is 4.38. The number of amides is 1. The van der Waals surface area contributed by atoms with Gasteiger partial charge < -0.3 is 15.2 Å². The van der Waals surface area contributed by atoms with E-state index in [1.807, 2.05) is 24.3 Å². The highest BCUT2D eigenvalue weighted by atomic mass is 16.5. The summed E-state index contributed by atoms with van der Waals surface area (Å²) in [7, 11) is 1.51. The lowest BCUT2D eigenvalue weighted by Gasteiger charge is -2.08. The Bertz CT molecular complexity index is 582. The van der Waals surface area contributed by atoms with Crippen LogP contribution in [0.2, 0.25) is 0 Å². The third kappa shape index (κ3) is 3.51. The molecule has 0 bridgehead atoms. The molecule has 4 heteroatoms. The number of aromatic hydroxyl groups is 1. The lowest BCUT2D eigenvalue weighted by Crippen LogP contribution is -2.25. The summed E-state index contributed by atoms with van der Waals surface area (Å²) in [5, 5.41) is 12.4. The van der Waals surface area contributed by atoms with E-state index in [0.717, 1.165) is 5.56 Å². The molecule has 104 valence electrons. The fourth-order valence-corrected chi connectivity index (χ4v) is 1.89. The quantitative estimate of drug-likeness (QED) is 0.877. The number of benzene rings is 2. The van der Waals surface area contributed by atoms with Crippen LogP contribution in [-0.4, -0.2) is 24.7 Å². The Hall–Kier alpha value is -2.49. The van der Waals surface area contributed by atoms with E-state index in [1.165, 1.54) is 7.11 Å². The molecule has 0 spiro atoms.